The van der Waals surface area contributed by atoms with Gasteiger partial charge in [-0.15, -0.1) is 0 Å². The third-order valence-electron chi connectivity index (χ3n) is 3.49. The van der Waals surface area contributed by atoms with E-state index in [2.05, 4.69) is 0 Å². The molecule has 2 unspecified atom stereocenters. The van der Waals surface area contributed by atoms with Gasteiger partial charge >= 0.3 is 0 Å². The van der Waals surface area contributed by atoms with Gasteiger partial charge in [-0.25, -0.2) is 0 Å². The van der Waals surface area contributed by atoms with E-state index >= 15 is 0 Å². The van der Waals surface area contributed by atoms with Crippen molar-refractivity contribution >= 4 is 32.6 Å². The molecular weight excluding hydrogens is 404 g/mol. The maximum atomic E-state index is 6.02. The Kier molecular flexibility index (Phi) is 18.2. The summed E-state index contributed by atoms with van der Waals surface area (Å²) in [6, 6.07) is 0. The number of rotatable bonds is 17. The Morgan fingerprint density at radius 1 is 0.556 bits per heavy atom. The molecule has 0 N–H and O–H groups in total. The van der Waals surface area contributed by atoms with Crippen LogP contribution < -0.4 is 0 Å². The van der Waals surface area contributed by atoms with Crippen molar-refractivity contribution in [2.75, 3.05) is 39.6 Å². The number of hydrogen-bond donors (Lipinski definition) is 0. The summed E-state index contributed by atoms with van der Waals surface area (Å²) in [5.74, 6) is 0. The van der Waals surface area contributed by atoms with E-state index in [0.29, 0.717) is 39.6 Å². The lowest BCUT2D eigenvalue weighted by molar-refractivity contribution is -0.226. The zero-order valence-electron chi connectivity index (χ0n) is 17.7. The minimum absolute atomic E-state index is 0. The highest BCUT2D eigenvalue weighted by Crippen LogP contribution is 2.50. The Morgan fingerprint density at radius 2 is 0.815 bits per heavy atom. The Labute approximate surface area is 178 Å². The molecule has 0 aromatic heterocycles. The van der Waals surface area contributed by atoms with Gasteiger partial charge < -0.3 is 28.4 Å². The van der Waals surface area contributed by atoms with Crippen molar-refractivity contribution in [3.05, 3.63) is 0 Å². The fourth-order valence-corrected chi connectivity index (χ4v) is 5.80. The predicted molar refractivity (Wildman–Crippen MR) is 121 cm³/mol. The summed E-state index contributed by atoms with van der Waals surface area (Å²) in [6.45, 7) is 18.8. The lowest BCUT2D eigenvalue weighted by atomic mass is 10.4. The van der Waals surface area contributed by atoms with Crippen LogP contribution >= 0.6 is 21.6 Å². The quantitative estimate of drug-likeness (QED) is 0.192. The zero-order chi connectivity index (χ0) is 20.1. The molecule has 0 aromatic carbocycles. The van der Waals surface area contributed by atoms with E-state index in [4.69, 9.17) is 28.4 Å². The summed E-state index contributed by atoms with van der Waals surface area (Å²) >= 11 is 0. The molecule has 9 heteroatoms. The van der Waals surface area contributed by atoms with Gasteiger partial charge in [0.1, 0.15) is 12.2 Å². The second-order valence-electron chi connectivity index (χ2n) is 5.30. The van der Waals surface area contributed by atoms with Crippen LogP contribution in [0.25, 0.3) is 0 Å². The molecule has 0 aliphatic heterocycles. The van der Waals surface area contributed by atoms with Crippen LogP contribution in [-0.4, -0.2) is 73.1 Å². The van der Waals surface area contributed by atoms with E-state index in [-0.39, 0.29) is 23.2 Å². The van der Waals surface area contributed by atoms with Crippen molar-refractivity contribution < 1.29 is 28.4 Å². The average Bonchev–Trinajstić information content (AvgIpc) is 2.60. The first kappa shape index (κ1) is 29.9. The molecule has 0 aliphatic rings. The first-order chi connectivity index (χ1) is 12.4. The molecule has 0 radical (unpaired) electrons. The molecule has 0 amide bonds. The van der Waals surface area contributed by atoms with Crippen molar-refractivity contribution in [2.45, 2.75) is 77.8 Å². The summed E-state index contributed by atoms with van der Waals surface area (Å²) in [5.41, 5.74) is 0. The lowest BCUT2D eigenvalue weighted by Gasteiger charge is -2.41. The molecule has 0 aliphatic carbocycles. The van der Waals surface area contributed by atoms with Gasteiger partial charge in [0.15, 0.2) is 0 Å². The second kappa shape index (κ2) is 16.5. The van der Waals surface area contributed by atoms with E-state index in [1.54, 1.807) is 0 Å². The fraction of sp³-hybridized carbons (Fsp3) is 1.00. The highest BCUT2D eigenvalue weighted by Gasteiger charge is 2.47. The normalized spacial score (nSPS) is 14.7. The van der Waals surface area contributed by atoms with Gasteiger partial charge in [-0.3, -0.25) is 0 Å². The maximum absolute atomic E-state index is 6.02. The second-order valence-corrected chi connectivity index (χ2v) is 7.77. The summed E-state index contributed by atoms with van der Waals surface area (Å²) < 4.78 is 35.7. The van der Waals surface area contributed by atoms with Crippen molar-refractivity contribution in [1.29, 1.82) is 0 Å². The summed E-state index contributed by atoms with van der Waals surface area (Å²) in [6.07, 6.45) is -0.540. The van der Waals surface area contributed by atoms with Gasteiger partial charge in [-0.05, 0) is 87.9 Å². The van der Waals surface area contributed by atoms with Gasteiger partial charge in [0, 0.05) is 39.6 Å². The third-order valence-corrected chi connectivity index (χ3v) is 6.81. The minimum atomic E-state index is -0.963. The molecule has 0 rings (SSSR count). The molecule has 0 bridgehead atoms. The van der Waals surface area contributed by atoms with Crippen LogP contribution in [0.5, 0.6) is 0 Å². The predicted octanol–water partition coefficient (Wildman–Crippen LogP) is 3.22. The molecule has 0 heterocycles. The van der Waals surface area contributed by atoms with E-state index in [1.165, 1.54) is 21.6 Å². The SMILES string of the molecule is CCOC(C)C(OCC)(OCC)SSC(OCC)(OCC)C(C)OCC.[SiH4]. The van der Waals surface area contributed by atoms with E-state index in [0.717, 1.165) is 0 Å². The molecule has 0 saturated carbocycles. The van der Waals surface area contributed by atoms with Gasteiger partial charge in [0.2, 0.25) is 0 Å². The van der Waals surface area contributed by atoms with Crippen LogP contribution in [-0.2, 0) is 28.4 Å². The number of hydrogen-bond acceptors (Lipinski definition) is 8. The Balaban J connectivity index is 0. The van der Waals surface area contributed by atoms with Gasteiger partial charge in [0.05, 0.1) is 0 Å². The van der Waals surface area contributed by atoms with Crippen molar-refractivity contribution in [2.24, 2.45) is 0 Å². The molecule has 6 nitrogen and oxygen atoms in total. The van der Waals surface area contributed by atoms with Gasteiger partial charge in [-0.2, -0.15) is 0 Å². The highest BCUT2D eigenvalue weighted by atomic mass is 33.1. The molecule has 0 spiro atoms. The first-order valence-electron chi connectivity index (χ1n) is 9.57. The largest absolute Gasteiger partial charge is 0.372 e. The van der Waals surface area contributed by atoms with E-state index < -0.39 is 10.2 Å². The van der Waals surface area contributed by atoms with Gasteiger partial charge in [-0.1, -0.05) is 0 Å². The third kappa shape index (κ3) is 9.35. The van der Waals surface area contributed by atoms with Crippen LogP contribution in [0.4, 0.5) is 0 Å². The lowest BCUT2D eigenvalue weighted by Crippen LogP contribution is -2.48. The van der Waals surface area contributed by atoms with Crippen LogP contribution in [0.3, 0.4) is 0 Å². The molecule has 0 fully saturated rings. The summed E-state index contributed by atoms with van der Waals surface area (Å²) in [4.78, 5) is 0. The highest BCUT2D eigenvalue weighted by molar-refractivity contribution is 8.77. The summed E-state index contributed by atoms with van der Waals surface area (Å²) in [7, 11) is 2.85. The van der Waals surface area contributed by atoms with Crippen LogP contribution in [0.2, 0.25) is 0 Å². The van der Waals surface area contributed by atoms with Crippen molar-refractivity contribution in [3.8, 4) is 0 Å². The van der Waals surface area contributed by atoms with E-state index in [9.17, 15) is 0 Å². The van der Waals surface area contributed by atoms with Crippen molar-refractivity contribution in [1.82, 2.24) is 0 Å². The summed E-state index contributed by atoms with van der Waals surface area (Å²) in [5, 5.41) is -1.93. The maximum Gasteiger partial charge on any atom is 0.255 e. The zero-order valence-corrected chi connectivity index (χ0v) is 19.3. The van der Waals surface area contributed by atoms with Crippen LogP contribution in [0.15, 0.2) is 0 Å². The van der Waals surface area contributed by atoms with Crippen LogP contribution in [0, 0.1) is 0 Å². The molecule has 0 saturated heterocycles. The van der Waals surface area contributed by atoms with Gasteiger partial charge in [0.25, 0.3) is 10.2 Å². The molecule has 166 valence electrons. The Bertz CT molecular complexity index is 308. The topological polar surface area (TPSA) is 55.4 Å². The molecular formula is C18H42O6S2Si. The standard InChI is InChI=1S/C18H38O6S2.H4Si/c1-9-19-15(7)17(21-11-3,22-12-4)25-26-18(23-13-5,24-14-6)16(8)20-10-2;/h15-16H,9-14H2,1-8H3;1H4. The van der Waals surface area contributed by atoms with Crippen molar-refractivity contribution in [3.63, 3.8) is 0 Å². The fourth-order valence-electron chi connectivity index (χ4n) is 2.41. The monoisotopic (exact) mass is 446 g/mol. The average molecular weight is 447 g/mol. The molecule has 27 heavy (non-hydrogen) atoms. The first-order valence-corrected chi connectivity index (χ1v) is 11.7. The van der Waals surface area contributed by atoms with E-state index in [1.807, 2.05) is 55.4 Å². The smallest absolute Gasteiger partial charge is 0.255 e. The molecule has 0 aromatic rings. The Morgan fingerprint density at radius 3 is 1.00 bits per heavy atom. The minimum Gasteiger partial charge on any atom is -0.372 e. The van der Waals surface area contributed by atoms with Crippen LogP contribution in [0.1, 0.15) is 55.4 Å². The Hall–Kier alpha value is 0.677. The number of ether oxygens (including phenoxy) is 6. The molecule has 2 atom stereocenters.